The summed E-state index contributed by atoms with van der Waals surface area (Å²) in [6.07, 6.45) is 0. The fourth-order valence-electron chi connectivity index (χ4n) is 1.65. The molecule has 82 valence electrons. The first kappa shape index (κ1) is 10.7. The maximum atomic E-state index is 5.82. The van der Waals surface area contributed by atoms with Gasteiger partial charge in [-0.3, -0.25) is 0 Å². The van der Waals surface area contributed by atoms with Crippen LogP contribution in [0.2, 0.25) is 0 Å². The minimum atomic E-state index is 0.887. The molecule has 0 aliphatic heterocycles. The molecule has 0 saturated heterocycles. The van der Waals surface area contributed by atoms with Crippen molar-refractivity contribution in [2.45, 2.75) is 20.8 Å². The topological polar surface area (TPSA) is 9.23 Å². The second-order valence-electron chi connectivity index (χ2n) is 4.18. The highest BCUT2D eigenvalue weighted by molar-refractivity contribution is 5.39. The van der Waals surface area contributed by atoms with Crippen LogP contribution in [0.5, 0.6) is 11.5 Å². The Morgan fingerprint density at radius 3 is 2.00 bits per heavy atom. The quantitative estimate of drug-likeness (QED) is 0.716. The summed E-state index contributed by atoms with van der Waals surface area (Å²) in [5.74, 6) is 1.81. The van der Waals surface area contributed by atoms with E-state index < -0.39 is 0 Å². The van der Waals surface area contributed by atoms with E-state index in [1.54, 1.807) is 0 Å². The molecule has 0 N–H and O–H groups in total. The zero-order valence-corrected chi connectivity index (χ0v) is 9.95. The summed E-state index contributed by atoms with van der Waals surface area (Å²) in [5, 5.41) is 0. The lowest BCUT2D eigenvalue weighted by Gasteiger charge is -2.09. The number of hydrogen-bond acceptors (Lipinski definition) is 1. The third-order valence-electron chi connectivity index (χ3n) is 2.58. The van der Waals surface area contributed by atoms with E-state index in [-0.39, 0.29) is 0 Å². The van der Waals surface area contributed by atoms with Gasteiger partial charge in [-0.15, -0.1) is 0 Å². The standard InChI is InChI=1S/C15H16O/c1-11-4-7-14(8-5-11)16-15-9-6-12(2)10-13(15)3/h4-10H,1-3H3. The summed E-state index contributed by atoms with van der Waals surface area (Å²) in [7, 11) is 0. The summed E-state index contributed by atoms with van der Waals surface area (Å²) in [5.41, 5.74) is 3.67. The van der Waals surface area contributed by atoms with Gasteiger partial charge in [-0.2, -0.15) is 0 Å². The minimum absolute atomic E-state index is 0.887. The van der Waals surface area contributed by atoms with E-state index in [0.717, 1.165) is 11.5 Å². The number of benzene rings is 2. The Bertz CT molecular complexity index is 483. The minimum Gasteiger partial charge on any atom is -0.457 e. The monoisotopic (exact) mass is 212 g/mol. The third-order valence-corrected chi connectivity index (χ3v) is 2.58. The average Bonchev–Trinajstić information content (AvgIpc) is 2.25. The van der Waals surface area contributed by atoms with Crippen LogP contribution in [0.1, 0.15) is 16.7 Å². The number of rotatable bonds is 2. The molecular formula is C15H16O. The zero-order valence-electron chi connectivity index (χ0n) is 9.95. The lowest BCUT2D eigenvalue weighted by molar-refractivity contribution is 0.478. The molecule has 1 nitrogen and oxygen atoms in total. The van der Waals surface area contributed by atoms with Crippen molar-refractivity contribution in [2.24, 2.45) is 0 Å². The van der Waals surface area contributed by atoms with E-state index in [0.29, 0.717) is 0 Å². The number of ether oxygens (including phenoxy) is 1. The van der Waals surface area contributed by atoms with Crippen molar-refractivity contribution in [2.75, 3.05) is 0 Å². The predicted molar refractivity (Wildman–Crippen MR) is 67.2 cm³/mol. The van der Waals surface area contributed by atoms with Gasteiger partial charge in [0.1, 0.15) is 11.5 Å². The van der Waals surface area contributed by atoms with E-state index in [2.05, 4.69) is 45.0 Å². The third kappa shape index (κ3) is 2.43. The molecule has 2 aromatic carbocycles. The van der Waals surface area contributed by atoms with E-state index >= 15 is 0 Å². The summed E-state index contributed by atoms with van der Waals surface area (Å²) >= 11 is 0. The highest BCUT2D eigenvalue weighted by atomic mass is 16.5. The van der Waals surface area contributed by atoms with Gasteiger partial charge in [0.05, 0.1) is 0 Å². The highest BCUT2D eigenvalue weighted by Crippen LogP contribution is 2.25. The Morgan fingerprint density at radius 1 is 0.750 bits per heavy atom. The van der Waals surface area contributed by atoms with Gasteiger partial charge >= 0.3 is 0 Å². The molecule has 0 fully saturated rings. The summed E-state index contributed by atoms with van der Waals surface area (Å²) < 4.78 is 5.82. The van der Waals surface area contributed by atoms with Crippen molar-refractivity contribution in [1.82, 2.24) is 0 Å². The number of hydrogen-bond donors (Lipinski definition) is 0. The highest BCUT2D eigenvalue weighted by Gasteiger charge is 2.00. The fourth-order valence-corrected chi connectivity index (χ4v) is 1.65. The first-order valence-electron chi connectivity index (χ1n) is 5.47. The smallest absolute Gasteiger partial charge is 0.130 e. The van der Waals surface area contributed by atoms with Gasteiger partial charge in [-0.1, -0.05) is 35.4 Å². The van der Waals surface area contributed by atoms with Gasteiger partial charge in [0.25, 0.3) is 0 Å². The van der Waals surface area contributed by atoms with Crippen molar-refractivity contribution in [3.05, 3.63) is 59.2 Å². The average molecular weight is 212 g/mol. The van der Waals surface area contributed by atoms with Crippen molar-refractivity contribution < 1.29 is 4.74 Å². The molecule has 0 aliphatic rings. The summed E-state index contributed by atoms with van der Waals surface area (Å²) in [4.78, 5) is 0. The Kier molecular flexibility index (Phi) is 2.95. The normalized spacial score (nSPS) is 10.2. The lowest BCUT2D eigenvalue weighted by Crippen LogP contribution is -1.88. The molecule has 2 rings (SSSR count). The van der Waals surface area contributed by atoms with Crippen LogP contribution >= 0.6 is 0 Å². The van der Waals surface area contributed by atoms with Gasteiger partial charge in [0.15, 0.2) is 0 Å². The number of aryl methyl sites for hydroxylation is 3. The second kappa shape index (κ2) is 4.40. The Hall–Kier alpha value is -1.76. The molecule has 0 radical (unpaired) electrons. The van der Waals surface area contributed by atoms with Gasteiger partial charge in [0, 0.05) is 0 Å². The van der Waals surface area contributed by atoms with Crippen LogP contribution in [-0.4, -0.2) is 0 Å². The van der Waals surface area contributed by atoms with Crippen molar-refractivity contribution in [1.29, 1.82) is 0 Å². The van der Waals surface area contributed by atoms with E-state index in [1.165, 1.54) is 16.7 Å². The van der Waals surface area contributed by atoms with Crippen LogP contribution in [-0.2, 0) is 0 Å². The second-order valence-corrected chi connectivity index (χ2v) is 4.18. The molecule has 0 atom stereocenters. The fraction of sp³-hybridized carbons (Fsp3) is 0.200. The molecule has 0 bridgehead atoms. The molecule has 0 aliphatic carbocycles. The van der Waals surface area contributed by atoms with Crippen LogP contribution in [0, 0.1) is 20.8 Å². The van der Waals surface area contributed by atoms with E-state index in [4.69, 9.17) is 4.74 Å². The van der Waals surface area contributed by atoms with Crippen LogP contribution in [0.3, 0.4) is 0 Å². The van der Waals surface area contributed by atoms with Crippen LogP contribution in [0.25, 0.3) is 0 Å². The Balaban J connectivity index is 2.23. The molecular weight excluding hydrogens is 196 g/mol. The SMILES string of the molecule is Cc1ccc(Oc2ccc(C)cc2C)cc1. The van der Waals surface area contributed by atoms with Crippen molar-refractivity contribution >= 4 is 0 Å². The largest absolute Gasteiger partial charge is 0.457 e. The van der Waals surface area contributed by atoms with Crippen LogP contribution in [0.15, 0.2) is 42.5 Å². The van der Waals surface area contributed by atoms with Gasteiger partial charge in [-0.05, 0) is 44.5 Å². The molecule has 0 amide bonds. The molecule has 0 spiro atoms. The molecule has 0 aromatic heterocycles. The zero-order chi connectivity index (χ0) is 11.5. The van der Waals surface area contributed by atoms with Gasteiger partial charge in [-0.25, -0.2) is 0 Å². The first-order chi connectivity index (χ1) is 7.65. The molecule has 16 heavy (non-hydrogen) atoms. The molecule has 1 heteroatoms. The van der Waals surface area contributed by atoms with E-state index in [1.807, 2.05) is 18.2 Å². The summed E-state index contributed by atoms with van der Waals surface area (Å²) in [6, 6.07) is 14.3. The molecule has 2 aromatic rings. The molecule has 0 unspecified atom stereocenters. The van der Waals surface area contributed by atoms with Gasteiger partial charge in [0.2, 0.25) is 0 Å². The predicted octanol–water partition coefficient (Wildman–Crippen LogP) is 4.40. The van der Waals surface area contributed by atoms with E-state index in [9.17, 15) is 0 Å². The first-order valence-corrected chi connectivity index (χ1v) is 5.47. The molecule has 0 saturated carbocycles. The molecule has 0 heterocycles. The lowest BCUT2D eigenvalue weighted by atomic mass is 10.1. The summed E-state index contributed by atoms with van der Waals surface area (Å²) in [6.45, 7) is 6.22. The van der Waals surface area contributed by atoms with Crippen LogP contribution < -0.4 is 4.74 Å². The Labute approximate surface area is 96.7 Å². The Morgan fingerprint density at radius 2 is 1.38 bits per heavy atom. The van der Waals surface area contributed by atoms with Gasteiger partial charge < -0.3 is 4.74 Å². The maximum Gasteiger partial charge on any atom is 0.130 e. The van der Waals surface area contributed by atoms with Crippen molar-refractivity contribution in [3.63, 3.8) is 0 Å². The van der Waals surface area contributed by atoms with Crippen molar-refractivity contribution in [3.8, 4) is 11.5 Å². The van der Waals surface area contributed by atoms with Crippen LogP contribution in [0.4, 0.5) is 0 Å². The maximum absolute atomic E-state index is 5.82.